The van der Waals surface area contributed by atoms with Crippen LogP contribution in [0, 0.1) is 0 Å². The number of hydrogen-bond acceptors (Lipinski definition) is 3. The molecular formula is C14H21N3O2. The smallest absolute Gasteiger partial charge is 0.239 e. The summed E-state index contributed by atoms with van der Waals surface area (Å²) in [5.74, 6) is -0.273. The molecule has 1 aromatic rings. The Labute approximate surface area is 114 Å². The van der Waals surface area contributed by atoms with E-state index in [-0.39, 0.29) is 24.4 Å². The number of pyridine rings is 1. The molecule has 0 saturated heterocycles. The zero-order chi connectivity index (χ0) is 14.3. The molecule has 0 fully saturated rings. The maximum Gasteiger partial charge on any atom is 0.239 e. The summed E-state index contributed by atoms with van der Waals surface area (Å²) in [7, 11) is 0. The minimum absolute atomic E-state index is 0.0657. The fourth-order valence-corrected chi connectivity index (χ4v) is 1.56. The number of amides is 2. The van der Waals surface area contributed by atoms with Crippen molar-refractivity contribution in [1.82, 2.24) is 15.2 Å². The molecular weight excluding hydrogens is 242 g/mol. The van der Waals surface area contributed by atoms with Gasteiger partial charge in [0.05, 0.1) is 18.8 Å². The Hall–Kier alpha value is -1.91. The summed E-state index contributed by atoms with van der Waals surface area (Å²) < 4.78 is 0. The average molecular weight is 263 g/mol. The number of carbonyl (C=O) groups is 2. The van der Waals surface area contributed by atoms with Gasteiger partial charge in [-0.15, -0.1) is 0 Å². The minimum Gasteiger partial charge on any atom is -0.352 e. The van der Waals surface area contributed by atoms with Gasteiger partial charge in [-0.1, -0.05) is 13.0 Å². The van der Waals surface area contributed by atoms with Gasteiger partial charge in [0.15, 0.2) is 0 Å². The maximum absolute atomic E-state index is 11.8. The topological polar surface area (TPSA) is 62.3 Å². The lowest BCUT2D eigenvalue weighted by Gasteiger charge is -2.21. The number of nitrogens with zero attached hydrogens (tertiary/aromatic N) is 2. The third kappa shape index (κ3) is 5.50. The standard InChI is InChI=1S/C14H21N3O2/c1-4-11(2)16-14(19)10-17(12(3)18)9-13-7-5-6-8-15-13/h5-8,11H,4,9-10H2,1-3H3,(H,16,19). The Morgan fingerprint density at radius 2 is 2.16 bits per heavy atom. The van der Waals surface area contributed by atoms with E-state index >= 15 is 0 Å². The normalized spacial score (nSPS) is 11.7. The SMILES string of the molecule is CCC(C)NC(=O)CN(Cc1ccccn1)C(C)=O. The van der Waals surface area contributed by atoms with E-state index in [0.29, 0.717) is 6.54 Å². The van der Waals surface area contributed by atoms with Gasteiger partial charge in [-0.25, -0.2) is 0 Å². The predicted molar refractivity (Wildman–Crippen MR) is 73.2 cm³/mol. The number of hydrogen-bond donors (Lipinski definition) is 1. The lowest BCUT2D eigenvalue weighted by Crippen LogP contribution is -2.42. The van der Waals surface area contributed by atoms with Crippen molar-refractivity contribution in [3.63, 3.8) is 0 Å². The second-order valence-electron chi connectivity index (χ2n) is 4.57. The highest BCUT2D eigenvalue weighted by atomic mass is 16.2. The fraction of sp³-hybridized carbons (Fsp3) is 0.500. The van der Waals surface area contributed by atoms with Crippen LogP contribution in [0.4, 0.5) is 0 Å². The zero-order valence-corrected chi connectivity index (χ0v) is 11.7. The largest absolute Gasteiger partial charge is 0.352 e. The molecule has 1 unspecified atom stereocenters. The van der Waals surface area contributed by atoms with Crippen LogP contribution in [0.5, 0.6) is 0 Å². The molecule has 1 rings (SSSR count). The van der Waals surface area contributed by atoms with Crippen LogP contribution >= 0.6 is 0 Å². The van der Waals surface area contributed by atoms with Gasteiger partial charge in [0, 0.05) is 19.2 Å². The first-order valence-corrected chi connectivity index (χ1v) is 6.47. The van der Waals surface area contributed by atoms with Crippen LogP contribution in [0.3, 0.4) is 0 Å². The monoisotopic (exact) mass is 263 g/mol. The van der Waals surface area contributed by atoms with Crippen LogP contribution in [0.2, 0.25) is 0 Å². The Bertz CT molecular complexity index is 420. The fourth-order valence-electron chi connectivity index (χ4n) is 1.56. The second kappa shape index (κ2) is 7.51. The highest BCUT2D eigenvalue weighted by molar-refractivity contribution is 5.83. The van der Waals surface area contributed by atoms with Gasteiger partial charge in [-0.3, -0.25) is 14.6 Å². The average Bonchev–Trinajstić information content (AvgIpc) is 2.38. The van der Waals surface area contributed by atoms with E-state index in [4.69, 9.17) is 0 Å². The van der Waals surface area contributed by atoms with Crippen LogP contribution in [0.25, 0.3) is 0 Å². The predicted octanol–water partition coefficient (Wildman–Crippen LogP) is 1.34. The van der Waals surface area contributed by atoms with Gasteiger partial charge in [0.25, 0.3) is 0 Å². The van der Waals surface area contributed by atoms with Crippen LogP contribution in [0.1, 0.15) is 32.9 Å². The van der Waals surface area contributed by atoms with E-state index in [1.54, 1.807) is 6.20 Å². The summed E-state index contributed by atoms with van der Waals surface area (Å²) in [6, 6.07) is 5.63. The molecule has 19 heavy (non-hydrogen) atoms. The lowest BCUT2D eigenvalue weighted by molar-refractivity contribution is -0.135. The van der Waals surface area contributed by atoms with Gasteiger partial charge in [-0.2, -0.15) is 0 Å². The first-order valence-electron chi connectivity index (χ1n) is 6.47. The summed E-state index contributed by atoms with van der Waals surface area (Å²) in [6.07, 6.45) is 2.54. The first-order chi connectivity index (χ1) is 9.02. The maximum atomic E-state index is 11.8. The highest BCUT2D eigenvalue weighted by Gasteiger charge is 2.15. The van der Waals surface area contributed by atoms with E-state index in [1.165, 1.54) is 11.8 Å². The van der Waals surface area contributed by atoms with Gasteiger partial charge in [0.1, 0.15) is 0 Å². The lowest BCUT2D eigenvalue weighted by atomic mass is 10.2. The molecule has 5 heteroatoms. The van der Waals surface area contributed by atoms with Crippen LogP contribution in [-0.4, -0.2) is 34.3 Å². The Morgan fingerprint density at radius 1 is 1.42 bits per heavy atom. The Kier molecular flexibility index (Phi) is 5.99. The third-order valence-electron chi connectivity index (χ3n) is 2.88. The summed E-state index contributed by atoms with van der Waals surface area (Å²) >= 11 is 0. The number of nitrogens with one attached hydrogen (secondary N) is 1. The molecule has 1 N–H and O–H groups in total. The molecule has 0 aliphatic carbocycles. The Balaban J connectivity index is 2.59. The number of carbonyl (C=O) groups excluding carboxylic acids is 2. The molecule has 5 nitrogen and oxygen atoms in total. The van der Waals surface area contributed by atoms with E-state index in [1.807, 2.05) is 32.0 Å². The summed E-state index contributed by atoms with van der Waals surface area (Å²) in [5.41, 5.74) is 0.772. The van der Waals surface area contributed by atoms with Crippen LogP contribution < -0.4 is 5.32 Å². The van der Waals surface area contributed by atoms with Crippen molar-refractivity contribution >= 4 is 11.8 Å². The van der Waals surface area contributed by atoms with Crippen molar-refractivity contribution in [1.29, 1.82) is 0 Å². The Morgan fingerprint density at radius 3 is 2.68 bits per heavy atom. The highest BCUT2D eigenvalue weighted by Crippen LogP contribution is 2.01. The van der Waals surface area contributed by atoms with Gasteiger partial charge < -0.3 is 10.2 Å². The van der Waals surface area contributed by atoms with Crippen molar-refractivity contribution < 1.29 is 9.59 Å². The molecule has 2 amide bonds. The molecule has 0 radical (unpaired) electrons. The molecule has 0 aromatic carbocycles. The minimum atomic E-state index is -0.138. The molecule has 0 aliphatic heterocycles. The van der Waals surface area contributed by atoms with E-state index < -0.39 is 0 Å². The van der Waals surface area contributed by atoms with Crippen molar-refractivity contribution in [3.8, 4) is 0 Å². The zero-order valence-electron chi connectivity index (χ0n) is 11.7. The van der Waals surface area contributed by atoms with E-state index in [0.717, 1.165) is 12.1 Å². The summed E-state index contributed by atoms with van der Waals surface area (Å²) in [5, 5.41) is 2.85. The van der Waals surface area contributed by atoms with Crippen molar-refractivity contribution in [2.24, 2.45) is 0 Å². The van der Waals surface area contributed by atoms with Crippen molar-refractivity contribution in [2.75, 3.05) is 6.54 Å². The number of aromatic nitrogens is 1. The van der Waals surface area contributed by atoms with E-state index in [9.17, 15) is 9.59 Å². The molecule has 0 spiro atoms. The summed E-state index contributed by atoms with van der Waals surface area (Å²) in [6.45, 7) is 5.82. The molecule has 104 valence electrons. The molecule has 1 atom stereocenters. The molecule has 0 aliphatic rings. The quantitative estimate of drug-likeness (QED) is 0.842. The molecule has 1 aromatic heterocycles. The second-order valence-corrected chi connectivity index (χ2v) is 4.57. The first kappa shape index (κ1) is 15.1. The molecule has 1 heterocycles. The van der Waals surface area contributed by atoms with Crippen molar-refractivity contribution in [3.05, 3.63) is 30.1 Å². The summed E-state index contributed by atoms with van der Waals surface area (Å²) in [4.78, 5) is 29.0. The van der Waals surface area contributed by atoms with Crippen LogP contribution in [0.15, 0.2) is 24.4 Å². The molecule has 0 saturated carbocycles. The van der Waals surface area contributed by atoms with Crippen LogP contribution in [-0.2, 0) is 16.1 Å². The van der Waals surface area contributed by atoms with E-state index in [2.05, 4.69) is 10.3 Å². The molecule has 0 bridgehead atoms. The van der Waals surface area contributed by atoms with Gasteiger partial charge in [-0.05, 0) is 25.5 Å². The van der Waals surface area contributed by atoms with Gasteiger partial charge >= 0.3 is 0 Å². The van der Waals surface area contributed by atoms with Gasteiger partial charge in [0.2, 0.25) is 11.8 Å². The van der Waals surface area contributed by atoms with Crippen molar-refractivity contribution in [2.45, 2.75) is 39.8 Å². The number of rotatable bonds is 6. The third-order valence-corrected chi connectivity index (χ3v) is 2.88.